The lowest BCUT2D eigenvalue weighted by molar-refractivity contribution is 0.0944. The minimum Gasteiger partial charge on any atom is -0.486 e. The van der Waals surface area contributed by atoms with E-state index in [0.29, 0.717) is 31.2 Å². The number of hydrogen-bond donors (Lipinski definition) is 1. The van der Waals surface area contributed by atoms with Crippen molar-refractivity contribution in [1.82, 2.24) is 10.3 Å². The third-order valence-electron chi connectivity index (χ3n) is 3.21. The summed E-state index contributed by atoms with van der Waals surface area (Å²) in [5.74, 6) is 1.23. The summed E-state index contributed by atoms with van der Waals surface area (Å²) in [6, 6.07) is 11.0. The smallest absolute Gasteiger partial charge is 0.270 e. The molecule has 1 N–H and O–H groups in total. The number of para-hydroxylation sites is 1. The predicted molar refractivity (Wildman–Crippen MR) is 77.6 cm³/mol. The SMILES string of the molecule is Cc1cccc(C(=O)NCc2cccc3c2OCCO3)n1. The molecule has 2 heterocycles. The van der Waals surface area contributed by atoms with Crippen molar-refractivity contribution in [3.63, 3.8) is 0 Å². The molecule has 2 aromatic rings. The Morgan fingerprint density at radius 3 is 2.86 bits per heavy atom. The molecule has 0 saturated heterocycles. The van der Waals surface area contributed by atoms with Gasteiger partial charge in [-0.15, -0.1) is 0 Å². The molecule has 0 radical (unpaired) electrons. The fraction of sp³-hybridized carbons (Fsp3) is 0.250. The molecule has 0 spiro atoms. The van der Waals surface area contributed by atoms with Crippen molar-refractivity contribution in [1.29, 1.82) is 0 Å². The van der Waals surface area contributed by atoms with E-state index in [-0.39, 0.29) is 5.91 Å². The van der Waals surface area contributed by atoms with Crippen LogP contribution in [0, 0.1) is 6.92 Å². The van der Waals surface area contributed by atoms with E-state index in [9.17, 15) is 4.79 Å². The minimum absolute atomic E-state index is 0.201. The van der Waals surface area contributed by atoms with Gasteiger partial charge in [0.1, 0.15) is 18.9 Å². The molecule has 1 aromatic heterocycles. The molecule has 0 bridgehead atoms. The molecule has 1 aliphatic rings. The molecular weight excluding hydrogens is 268 g/mol. The predicted octanol–water partition coefficient (Wildman–Crippen LogP) is 2.09. The van der Waals surface area contributed by atoms with Crippen LogP contribution in [0.3, 0.4) is 0 Å². The largest absolute Gasteiger partial charge is 0.486 e. The summed E-state index contributed by atoms with van der Waals surface area (Å²) in [6.07, 6.45) is 0. The molecule has 3 rings (SSSR count). The molecule has 0 aliphatic carbocycles. The molecule has 1 aliphatic heterocycles. The van der Waals surface area contributed by atoms with Gasteiger partial charge in [-0.25, -0.2) is 4.98 Å². The maximum Gasteiger partial charge on any atom is 0.270 e. The Hall–Kier alpha value is -2.56. The van der Waals surface area contributed by atoms with Crippen molar-refractivity contribution in [3.8, 4) is 11.5 Å². The van der Waals surface area contributed by atoms with Crippen LogP contribution in [0.4, 0.5) is 0 Å². The number of rotatable bonds is 3. The molecule has 0 fully saturated rings. The van der Waals surface area contributed by atoms with Gasteiger partial charge in [-0.05, 0) is 25.1 Å². The molecular formula is C16H16N2O3. The maximum atomic E-state index is 12.1. The lowest BCUT2D eigenvalue weighted by atomic mass is 10.1. The number of pyridine rings is 1. The first-order valence-corrected chi connectivity index (χ1v) is 6.83. The Bertz CT molecular complexity index is 670. The first-order chi connectivity index (χ1) is 10.2. The van der Waals surface area contributed by atoms with Crippen LogP contribution in [0.1, 0.15) is 21.7 Å². The number of benzene rings is 1. The van der Waals surface area contributed by atoms with Crippen LogP contribution in [0.5, 0.6) is 11.5 Å². The van der Waals surface area contributed by atoms with E-state index in [1.54, 1.807) is 6.07 Å². The molecule has 0 saturated carbocycles. The fourth-order valence-electron chi connectivity index (χ4n) is 2.21. The van der Waals surface area contributed by atoms with Gasteiger partial charge in [0.05, 0.1) is 0 Å². The molecule has 0 unspecified atom stereocenters. The summed E-state index contributed by atoms with van der Waals surface area (Å²) in [7, 11) is 0. The van der Waals surface area contributed by atoms with Gasteiger partial charge in [0.15, 0.2) is 11.5 Å². The van der Waals surface area contributed by atoms with E-state index >= 15 is 0 Å². The Morgan fingerprint density at radius 2 is 2.00 bits per heavy atom. The lowest BCUT2D eigenvalue weighted by Gasteiger charge is -2.21. The highest BCUT2D eigenvalue weighted by molar-refractivity contribution is 5.92. The third kappa shape index (κ3) is 2.97. The van der Waals surface area contributed by atoms with Crippen LogP contribution in [-0.4, -0.2) is 24.1 Å². The van der Waals surface area contributed by atoms with Crippen molar-refractivity contribution >= 4 is 5.91 Å². The van der Waals surface area contributed by atoms with Crippen LogP contribution >= 0.6 is 0 Å². The second kappa shape index (κ2) is 5.83. The van der Waals surface area contributed by atoms with E-state index in [0.717, 1.165) is 17.0 Å². The summed E-state index contributed by atoms with van der Waals surface area (Å²) in [6.45, 7) is 3.31. The van der Waals surface area contributed by atoms with E-state index < -0.39 is 0 Å². The monoisotopic (exact) mass is 284 g/mol. The lowest BCUT2D eigenvalue weighted by Crippen LogP contribution is -2.25. The zero-order valence-corrected chi connectivity index (χ0v) is 11.8. The second-order valence-electron chi connectivity index (χ2n) is 4.79. The average Bonchev–Trinajstić information content (AvgIpc) is 2.52. The van der Waals surface area contributed by atoms with Crippen molar-refractivity contribution in [3.05, 3.63) is 53.3 Å². The van der Waals surface area contributed by atoms with Crippen molar-refractivity contribution in [2.24, 2.45) is 0 Å². The molecule has 1 amide bonds. The standard InChI is InChI=1S/C16H16N2O3/c1-11-4-2-6-13(18-11)16(19)17-10-12-5-3-7-14-15(12)21-9-8-20-14/h2-7H,8-10H2,1H3,(H,17,19). The number of aryl methyl sites for hydroxylation is 1. The van der Waals surface area contributed by atoms with Gasteiger partial charge in [0.2, 0.25) is 0 Å². The number of amides is 1. The quantitative estimate of drug-likeness (QED) is 0.937. The van der Waals surface area contributed by atoms with Crippen molar-refractivity contribution in [2.75, 3.05) is 13.2 Å². The summed E-state index contributed by atoms with van der Waals surface area (Å²) in [5, 5.41) is 2.86. The van der Waals surface area contributed by atoms with Gasteiger partial charge in [-0.2, -0.15) is 0 Å². The summed E-state index contributed by atoms with van der Waals surface area (Å²) in [4.78, 5) is 16.3. The van der Waals surface area contributed by atoms with Crippen molar-refractivity contribution in [2.45, 2.75) is 13.5 Å². The van der Waals surface area contributed by atoms with E-state index in [1.807, 2.05) is 37.3 Å². The van der Waals surface area contributed by atoms with Crippen LogP contribution in [0.2, 0.25) is 0 Å². The first-order valence-electron chi connectivity index (χ1n) is 6.83. The molecule has 5 nitrogen and oxygen atoms in total. The maximum absolute atomic E-state index is 12.1. The van der Waals surface area contributed by atoms with Gasteiger partial charge in [-0.3, -0.25) is 4.79 Å². The topological polar surface area (TPSA) is 60.5 Å². The van der Waals surface area contributed by atoms with E-state index in [1.165, 1.54) is 0 Å². The van der Waals surface area contributed by atoms with Crippen LogP contribution in [0.25, 0.3) is 0 Å². The van der Waals surface area contributed by atoms with Gasteiger partial charge < -0.3 is 14.8 Å². The Labute approximate surface area is 122 Å². The van der Waals surface area contributed by atoms with E-state index in [2.05, 4.69) is 10.3 Å². The number of nitrogens with zero attached hydrogens (tertiary/aromatic N) is 1. The van der Waals surface area contributed by atoms with Gasteiger partial charge >= 0.3 is 0 Å². The zero-order valence-electron chi connectivity index (χ0n) is 11.8. The van der Waals surface area contributed by atoms with E-state index in [4.69, 9.17) is 9.47 Å². The number of carbonyl (C=O) groups excluding carboxylic acids is 1. The van der Waals surface area contributed by atoms with Crippen LogP contribution in [-0.2, 0) is 6.54 Å². The Balaban J connectivity index is 1.72. The Morgan fingerprint density at radius 1 is 1.19 bits per heavy atom. The number of hydrogen-bond acceptors (Lipinski definition) is 4. The number of nitrogens with one attached hydrogen (secondary N) is 1. The molecule has 0 atom stereocenters. The normalized spacial score (nSPS) is 12.8. The third-order valence-corrected chi connectivity index (χ3v) is 3.21. The fourth-order valence-corrected chi connectivity index (χ4v) is 2.21. The molecule has 5 heteroatoms. The highest BCUT2D eigenvalue weighted by Gasteiger charge is 2.16. The number of carbonyl (C=O) groups is 1. The molecule has 108 valence electrons. The number of fused-ring (bicyclic) bond motifs is 1. The highest BCUT2D eigenvalue weighted by Crippen LogP contribution is 2.33. The Kier molecular flexibility index (Phi) is 3.73. The number of aromatic nitrogens is 1. The molecule has 21 heavy (non-hydrogen) atoms. The summed E-state index contributed by atoms with van der Waals surface area (Å²) < 4.78 is 11.1. The highest BCUT2D eigenvalue weighted by atomic mass is 16.6. The van der Waals surface area contributed by atoms with Gasteiger partial charge in [0.25, 0.3) is 5.91 Å². The minimum atomic E-state index is -0.201. The average molecular weight is 284 g/mol. The van der Waals surface area contributed by atoms with Crippen molar-refractivity contribution < 1.29 is 14.3 Å². The van der Waals surface area contributed by atoms with Crippen LogP contribution in [0.15, 0.2) is 36.4 Å². The zero-order chi connectivity index (χ0) is 14.7. The van der Waals surface area contributed by atoms with Gasteiger partial charge in [-0.1, -0.05) is 18.2 Å². The summed E-state index contributed by atoms with van der Waals surface area (Å²) in [5.41, 5.74) is 2.13. The first kappa shape index (κ1) is 13.4. The van der Waals surface area contributed by atoms with Crippen LogP contribution < -0.4 is 14.8 Å². The number of ether oxygens (including phenoxy) is 2. The second-order valence-corrected chi connectivity index (χ2v) is 4.79. The van der Waals surface area contributed by atoms with Gasteiger partial charge in [0, 0.05) is 17.8 Å². The summed E-state index contributed by atoms with van der Waals surface area (Å²) >= 11 is 0. The molecule has 1 aromatic carbocycles.